The number of carbonyl (C=O) groups excluding carboxylic acids is 1. The third-order valence-corrected chi connectivity index (χ3v) is 5.88. The van der Waals surface area contributed by atoms with Gasteiger partial charge >= 0.3 is 0 Å². The molecule has 0 aliphatic heterocycles. The van der Waals surface area contributed by atoms with E-state index in [4.69, 9.17) is 18.6 Å². The molecule has 1 amide bonds. The standard InChI is InChI=1S/C28H28N2O5/c1-16-7-10-25(29-14-16)30-26(31)11-17(2)20-13-22-23(15-35-28(22)18(3)27(20)34-6)21-12-19(32-4)8-9-24(21)33-5/h7-15H,1-6H3,(H,29,30,31)/b17-11+. The lowest BCUT2D eigenvalue weighted by molar-refractivity contribution is -0.111. The molecule has 180 valence electrons. The van der Waals surface area contributed by atoms with Crippen molar-refractivity contribution in [2.24, 2.45) is 0 Å². The number of amides is 1. The van der Waals surface area contributed by atoms with E-state index in [9.17, 15) is 4.79 Å². The molecule has 2 aromatic carbocycles. The number of rotatable bonds is 7. The van der Waals surface area contributed by atoms with Crippen LogP contribution in [-0.4, -0.2) is 32.2 Å². The van der Waals surface area contributed by atoms with Crippen LogP contribution in [0.4, 0.5) is 5.82 Å². The minimum absolute atomic E-state index is 0.277. The van der Waals surface area contributed by atoms with Gasteiger partial charge in [-0.3, -0.25) is 4.79 Å². The zero-order chi connectivity index (χ0) is 25.1. The second-order valence-electron chi connectivity index (χ2n) is 8.21. The van der Waals surface area contributed by atoms with Crippen molar-refractivity contribution in [2.45, 2.75) is 20.8 Å². The summed E-state index contributed by atoms with van der Waals surface area (Å²) in [5, 5.41) is 3.68. The smallest absolute Gasteiger partial charge is 0.249 e. The number of fused-ring (bicyclic) bond motifs is 1. The third-order valence-electron chi connectivity index (χ3n) is 5.88. The summed E-state index contributed by atoms with van der Waals surface area (Å²) in [4.78, 5) is 16.9. The van der Waals surface area contributed by atoms with Gasteiger partial charge in [0.2, 0.25) is 5.91 Å². The molecule has 35 heavy (non-hydrogen) atoms. The van der Waals surface area contributed by atoms with Crippen LogP contribution >= 0.6 is 0 Å². The number of anilines is 1. The van der Waals surface area contributed by atoms with Crippen molar-refractivity contribution in [1.29, 1.82) is 0 Å². The normalized spacial score (nSPS) is 11.4. The van der Waals surface area contributed by atoms with Crippen LogP contribution in [0.2, 0.25) is 0 Å². The van der Waals surface area contributed by atoms with Gasteiger partial charge in [0, 0.05) is 39.9 Å². The maximum Gasteiger partial charge on any atom is 0.249 e. The number of nitrogens with zero attached hydrogens (tertiary/aromatic N) is 1. The summed E-state index contributed by atoms with van der Waals surface area (Å²) in [6.45, 7) is 5.75. The average molecular weight is 473 g/mol. The van der Waals surface area contributed by atoms with E-state index in [0.717, 1.165) is 38.8 Å². The predicted molar refractivity (Wildman–Crippen MR) is 137 cm³/mol. The largest absolute Gasteiger partial charge is 0.497 e. The Morgan fingerprint density at radius 2 is 1.80 bits per heavy atom. The summed E-state index contributed by atoms with van der Waals surface area (Å²) in [5.74, 6) is 2.26. The van der Waals surface area contributed by atoms with Gasteiger partial charge in [-0.15, -0.1) is 0 Å². The lowest BCUT2D eigenvalue weighted by Gasteiger charge is -2.14. The van der Waals surface area contributed by atoms with E-state index < -0.39 is 0 Å². The average Bonchev–Trinajstić information content (AvgIpc) is 3.29. The molecule has 0 radical (unpaired) electrons. The molecule has 7 heteroatoms. The first-order valence-electron chi connectivity index (χ1n) is 11.1. The Bertz CT molecular complexity index is 1420. The number of methoxy groups -OCH3 is 3. The molecule has 2 heterocycles. The van der Waals surface area contributed by atoms with Crippen LogP contribution < -0.4 is 19.5 Å². The Balaban J connectivity index is 1.80. The molecule has 7 nitrogen and oxygen atoms in total. The van der Waals surface area contributed by atoms with Crippen LogP contribution in [0.5, 0.6) is 17.2 Å². The van der Waals surface area contributed by atoms with Gasteiger partial charge in [0.15, 0.2) is 0 Å². The zero-order valence-electron chi connectivity index (χ0n) is 20.7. The Kier molecular flexibility index (Phi) is 6.78. The van der Waals surface area contributed by atoms with Gasteiger partial charge in [-0.25, -0.2) is 4.98 Å². The van der Waals surface area contributed by atoms with Gasteiger partial charge < -0.3 is 23.9 Å². The van der Waals surface area contributed by atoms with Crippen molar-refractivity contribution in [3.63, 3.8) is 0 Å². The molecule has 0 spiro atoms. The molecule has 0 saturated heterocycles. The van der Waals surface area contributed by atoms with Crippen LogP contribution in [-0.2, 0) is 4.79 Å². The van der Waals surface area contributed by atoms with Crippen molar-refractivity contribution < 1.29 is 23.4 Å². The SMILES string of the molecule is COc1ccc(OC)c(-c2coc3c(C)c(OC)c(/C(C)=C/C(=O)Nc4ccc(C)cn4)cc23)c1. The Hall–Kier alpha value is -4.26. The van der Waals surface area contributed by atoms with Gasteiger partial charge in [0.1, 0.15) is 28.6 Å². The van der Waals surface area contributed by atoms with Crippen LogP contribution in [0.25, 0.3) is 27.7 Å². The maximum absolute atomic E-state index is 12.7. The van der Waals surface area contributed by atoms with Crippen molar-refractivity contribution in [1.82, 2.24) is 4.98 Å². The second-order valence-corrected chi connectivity index (χ2v) is 8.21. The van der Waals surface area contributed by atoms with E-state index in [0.29, 0.717) is 28.6 Å². The van der Waals surface area contributed by atoms with Crippen molar-refractivity contribution in [2.75, 3.05) is 26.6 Å². The van der Waals surface area contributed by atoms with E-state index in [1.54, 1.807) is 39.9 Å². The number of carbonyl (C=O) groups is 1. The maximum atomic E-state index is 12.7. The molecule has 0 atom stereocenters. The molecule has 0 saturated carbocycles. The second kappa shape index (κ2) is 9.93. The number of nitrogens with one attached hydrogen (secondary N) is 1. The molecule has 4 rings (SSSR count). The molecular formula is C28H28N2O5. The molecular weight excluding hydrogens is 444 g/mol. The number of hydrogen-bond donors (Lipinski definition) is 1. The fourth-order valence-corrected chi connectivity index (χ4v) is 4.08. The van der Waals surface area contributed by atoms with Gasteiger partial charge in [0.25, 0.3) is 0 Å². The number of furan rings is 1. The molecule has 1 N–H and O–H groups in total. The summed E-state index contributed by atoms with van der Waals surface area (Å²) in [6, 6.07) is 11.3. The first kappa shape index (κ1) is 23.9. The van der Waals surface area contributed by atoms with E-state index >= 15 is 0 Å². The van der Waals surface area contributed by atoms with Gasteiger partial charge in [-0.05, 0) is 62.2 Å². The van der Waals surface area contributed by atoms with Gasteiger partial charge in [-0.1, -0.05) is 6.07 Å². The lowest BCUT2D eigenvalue weighted by Crippen LogP contribution is -2.10. The van der Waals surface area contributed by atoms with Crippen LogP contribution in [0.15, 0.2) is 59.4 Å². The monoisotopic (exact) mass is 472 g/mol. The van der Waals surface area contributed by atoms with Crippen LogP contribution in [0, 0.1) is 13.8 Å². The van der Waals surface area contributed by atoms with Crippen molar-refractivity contribution >= 4 is 28.3 Å². The fraction of sp³-hybridized carbons (Fsp3) is 0.214. The highest BCUT2D eigenvalue weighted by atomic mass is 16.5. The van der Waals surface area contributed by atoms with Gasteiger partial charge in [0.05, 0.1) is 27.6 Å². The van der Waals surface area contributed by atoms with Crippen LogP contribution in [0.1, 0.15) is 23.6 Å². The number of allylic oxidation sites excluding steroid dienone is 1. The molecule has 0 aliphatic rings. The first-order chi connectivity index (χ1) is 16.9. The first-order valence-corrected chi connectivity index (χ1v) is 11.1. The number of pyridine rings is 1. The van der Waals surface area contributed by atoms with E-state index in [1.165, 1.54) is 6.08 Å². The lowest BCUT2D eigenvalue weighted by atomic mass is 9.96. The number of hydrogen-bond acceptors (Lipinski definition) is 6. The third kappa shape index (κ3) is 4.71. The molecule has 0 unspecified atom stereocenters. The van der Waals surface area contributed by atoms with E-state index in [2.05, 4.69) is 10.3 Å². The topological polar surface area (TPSA) is 82.8 Å². The van der Waals surface area contributed by atoms with E-state index in [-0.39, 0.29) is 5.91 Å². The minimum Gasteiger partial charge on any atom is -0.497 e. The Morgan fingerprint density at radius 3 is 2.46 bits per heavy atom. The summed E-state index contributed by atoms with van der Waals surface area (Å²) in [5.41, 5.74) is 5.77. The highest BCUT2D eigenvalue weighted by Crippen LogP contribution is 2.43. The molecule has 2 aromatic heterocycles. The number of benzene rings is 2. The molecule has 0 aliphatic carbocycles. The minimum atomic E-state index is -0.277. The molecule has 4 aromatic rings. The number of ether oxygens (including phenoxy) is 3. The quantitative estimate of drug-likeness (QED) is 0.324. The summed E-state index contributed by atoms with van der Waals surface area (Å²) < 4.78 is 22.7. The van der Waals surface area contributed by atoms with Crippen LogP contribution in [0.3, 0.4) is 0 Å². The highest BCUT2D eigenvalue weighted by Gasteiger charge is 2.20. The van der Waals surface area contributed by atoms with Gasteiger partial charge in [-0.2, -0.15) is 0 Å². The fourth-order valence-electron chi connectivity index (χ4n) is 4.08. The summed E-state index contributed by atoms with van der Waals surface area (Å²) in [6.07, 6.45) is 4.95. The van der Waals surface area contributed by atoms with Crippen molar-refractivity contribution in [3.8, 4) is 28.4 Å². The Labute approximate surface area is 204 Å². The predicted octanol–water partition coefficient (Wildman–Crippen LogP) is 6.18. The van der Waals surface area contributed by atoms with E-state index in [1.807, 2.05) is 51.1 Å². The number of aromatic nitrogens is 1. The number of aryl methyl sites for hydroxylation is 2. The highest BCUT2D eigenvalue weighted by molar-refractivity contribution is 6.05. The Morgan fingerprint density at radius 1 is 1.00 bits per heavy atom. The van der Waals surface area contributed by atoms with Crippen molar-refractivity contribution in [3.05, 3.63) is 71.6 Å². The summed E-state index contributed by atoms with van der Waals surface area (Å²) in [7, 11) is 4.86. The zero-order valence-corrected chi connectivity index (χ0v) is 20.7. The summed E-state index contributed by atoms with van der Waals surface area (Å²) >= 11 is 0. The molecule has 0 fully saturated rings. The molecule has 0 bridgehead atoms.